The van der Waals surface area contributed by atoms with Crippen LogP contribution >= 0.6 is 12.4 Å². The number of anilines is 2. The number of amides is 2. The van der Waals surface area contributed by atoms with Crippen LogP contribution in [0.4, 0.5) is 30.0 Å². The molecule has 4 heterocycles. The van der Waals surface area contributed by atoms with E-state index in [4.69, 9.17) is 9.47 Å². The van der Waals surface area contributed by atoms with Gasteiger partial charge in [-0.15, -0.1) is 12.4 Å². The normalized spacial score (nSPS) is 15.8. The van der Waals surface area contributed by atoms with E-state index in [0.29, 0.717) is 62.1 Å². The van der Waals surface area contributed by atoms with Gasteiger partial charge in [-0.25, -0.2) is 38.3 Å². The van der Waals surface area contributed by atoms with Gasteiger partial charge in [0.2, 0.25) is 0 Å². The van der Waals surface area contributed by atoms with Crippen LogP contribution in [-0.2, 0) is 9.47 Å². The third-order valence-corrected chi connectivity index (χ3v) is 10.3. The Balaban J connectivity index is 0.000000201. The second-order valence-corrected chi connectivity index (χ2v) is 14.6. The van der Waals surface area contributed by atoms with Crippen molar-refractivity contribution in [1.82, 2.24) is 30.6 Å². The molecule has 6 aromatic rings. The van der Waals surface area contributed by atoms with E-state index in [9.17, 15) is 28.6 Å². The molecular formula is C44H47ClF2N8O6. The molecule has 0 aliphatic carbocycles. The number of rotatable bonds is 8. The number of carbonyl (C=O) groups is 2. The summed E-state index contributed by atoms with van der Waals surface area (Å²) in [4.78, 5) is 45.9. The monoisotopic (exact) mass is 856 g/mol. The van der Waals surface area contributed by atoms with Gasteiger partial charge in [0.15, 0.2) is 11.6 Å². The summed E-state index contributed by atoms with van der Waals surface area (Å²) in [5.74, 6) is -0.0578. The summed E-state index contributed by atoms with van der Waals surface area (Å²) in [6.45, 7) is 10.5. The van der Waals surface area contributed by atoms with Gasteiger partial charge in [0.05, 0.1) is 47.5 Å². The van der Waals surface area contributed by atoms with Gasteiger partial charge in [0.1, 0.15) is 34.8 Å². The van der Waals surface area contributed by atoms with Crippen LogP contribution < -0.4 is 20.4 Å². The SMILES string of the molecule is CCOC(=O)N[C@@H]1CCN(c2nc(-c3c(O)cccc3F)nc3cc(C)ccc23)C1.CCOC(=O)N[C@@H]1CCN(c2nc(-c3c(O)cccc3F)nc3cc(C)ccc23)C1.Cl. The Morgan fingerprint density at radius 3 is 1.46 bits per heavy atom. The molecule has 320 valence electrons. The fraction of sp³-hybridized carbons (Fsp3) is 0.318. The number of carbonyl (C=O) groups excluding carboxylic acids is 2. The third kappa shape index (κ3) is 9.92. The first kappa shape index (κ1) is 44.0. The van der Waals surface area contributed by atoms with E-state index in [1.165, 1.54) is 36.4 Å². The van der Waals surface area contributed by atoms with E-state index in [0.717, 1.165) is 34.7 Å². The lowest BCUT2D eigenvalue weighted by Crippen LogP contribution is -2.37. The van der Waals surface area contributed by atoms with Crippen molar-refractivity contribution in [2.45, 2.75) is 52.6 Å². The second kappa shape index (κ2) is 19.2. The van der Waals surface area contributed by atoms with Crippen LogP contribution in [0.15, 0.2) is 72.8 Å². The van der Waals surface area contributed by atoms with Gasteiger partial charge >= 0.3 is 12.2 Å². The van der Waals surface area contributed by atoms with Crippen molar-refractivity contribution < 1.29 is 38.1 Å². The van der Waals surface area contributed by atoms with Gasteiger partial charge < -0.3 is 40.1 Å². The number of hydrogen-bond acceptors (Lipinski definition) is 12. The first-order valence-electron chi connectivity index (χ1n) is 19.8. The summed E-state index contributed by atoms with van der Waals surface area (Å²) < 4.78 is 38.9. The van der Waals surface area contributed by atoms with Gasteiger partial charge in [0.25, 0.3) is 0 Å². The van der Waals surface area contributed by atoms with Crippen LogP contribution in [0.1, 0.15) is 37.8 Å². The Labute approximate surface area is 357 Å². The average Bonchev–Trinajstić information content (AvgIpc) is 3.87. The molecule has 0 saturated carbocycles. The Hall–Kier alpha value is -6.55. The van der Waals surface area contributed by atoms with E-state index in [1.807, 2.05) is 60.0 Å². The van der Waals surface area contributed by atoms with Crippen LogP contribution in [0.25, 0.3) is 44.6 Å². The smallest absolute Gasteiger partial charge is 0.407 e. The lowest BCUT2D eigenvalue weighted by atomic mass is 10.1. The number of nitrogens with one attached hydrogen (secondary N) is 2. The predicted octanol–water partition coefficient (Wildman–Crippen LogP) is 7.97. The topological polar surface area (TPSA) is 175 Å². The van der Waals surface area contributed by atoms with E-state index in [1.54, 1.807) is 13.8 Å². The van der Waals surface area contributed by atoms with Crippen LogP contribution in [0.2, 0.25) is 0 Å². The molecule has 4 aromatic carbocycles. The molecule has 2 saturated heterocycles. The molecule has 0 unspecified atom stereocenters. The summed E-state index contributed by atoms with van der Waals surface area (Å²) in [5.41, 5.74) is 3.31. The zero-order valence-electron chi connectivity index (χ0n) is 34.1. The van der Waals surface area contributed by atoms with Crippen LogP contribution in [0.3, 0.4) is 0 Å². The quantitative estimate of drug-likeness (QED) is 0.116. The number of phenolic OH excluding ortho intramolecular Hbond substituents is 2. The number of aromatic nitrogens is 4. The molecule has 0 spiro atoms. The van der Waals surface area contributed by atoms with Gasteiger partial charge in [-0.2, -0.15) is 0 Å². The molecule has 0 radical (unpaired) electrons. The average molecular weight is 857 g/mol. The molecule has 14 nitrogen and oxygen atoms in total. The molecule has 17 heteroatoms. The van der Waals surface area contributed by atoms with E-state index in [2.05, 4.69) is 30.6 Å². The van der Waals surface area contributed by atoms with E-state index in [-0.39, 0.29) is 58.8 Å². The molecule has 61 heavy (non-hydrogen) atoms. The molecular weight excluding hydrogens is 810 g/mol. The number of alkyl carbamates (subject to hydrolysis) is 2. The standard InChI is InChI=1S/2C22H23FN4O3.ClH/c2*1-3-30-22(29)24-14-9-10-27(12-14)21-15-8-7-13(2)11-17(15)25-20(26-21)19-16(23)5-4-6-18(19)28;/h2*4-8,11,14,28H,3,9-10,12H2,1-2H3,(H,24,29);1H/t2*14-;/m11./s1. The minimum Gasteiger partial charge on any atom is -0.507 e. The highest BCUT2D eigenvalue weighted by Gasteiger charge is 2.29. The van der Waals surface area contributed by atoms with Crippen LogP contribution in [-0.4, -0.2) is 93.8 Å². The second-order valence-electron chi connectivity index (χ2n) is 14.6. The van der Waals surface area contributed by atoms with Crippen LogP contribution in [0, 0.1) is 25.5 Å². The zero-order chi connectivity index (χ0) is 42.5. The van der Waals surface area contributed by atoms with Gasteiger partial charge in [-0.05, 0) is 100 Å². The predicted molar refractivity (Wildman–Crippen MR) is 231 cm³/mol. The summed E-state index contributed by atoms with van der Waals surface area (Å²) >= 11 is 0. The lowest BCUT2D eigenvalue weighted by Gasteiger charge is -2.21. The Morgan fingerprint density at radius 2 is 1.08 bits per heavy atom. The van der Waals surface area contributed by atoms with Gasteiger partial charge in [-0.1, -0.05) is 24.3 Å². The van der Waals surface area contributed by atoms with Crippen molar-refractivity contribution in [3.05, 3.63) is 95.6 Å². The molecule has 8 rings (SSSR count). The highest BCUT2D eigenvalue weighted by molar-refractivity contribution is 5.93. The number of halogens is 3. The maximum atomic E-state index is 14.5. The number of aromatic hydroxyl groups is 2. The summed E-state index contributed by atoms with van der Waals surface area (Å²) in [5, 5.41) is 27.8. The van der Waals surface area contributed by atoms with Gasteiger partial charge in [0, 0.05) is 37.0 Å². The third-order valence-electron chi connectivity index (χ3n) is 10.3. The number of ether oxygens (including phenoxy) is 2. The van der Waals surface area contributed by atoms with Crippen molar-refractivity contribution >= 4 is 58.0 Å². The largest absolute Gasteiger partial charge is 0.507 e. The highest BCUT2D eigenvalue weighted by atomic mass is 35.5. The van der Waals surface area contributed by atoms with Crippen molar-refractivity contribution in [3.63, 3.8) is 0 Å². The summed E-state index contributed by atoms with van der Waals surface area (Å²) in [6, 6.07) is 19.7. The van der Waals surface area contributed by atoms with Crippen molar-refractivity contribution in [1.29, 1.82) is 0 Å². The molecule has 2 aliphatic heterocycles. The molecule has 2 aromatic heterocycles. The minimum absolute atomic E-state index is 0. The van der Waals surface area contributed by atoms with Gasteiger partial charge in [-0.3, -0.25) is 0 Å². The first-order chi connectivity index (χ1) is 28.9. The van der Waals surface area contributed by atoms with Crippen molar-refractivity contribution in [2.24, 2.45) is 0 Å². The van der Waals surface area contributed by atoms with E-state index >= 15 is 0 Å². The highest BCUT2D eigenvalue weighted by Crippen LogP contribution is 2.36. The molecule has 4 N–H and O–H groups in total. The molecule has 2 aliphatic rings. The number of fused-ring (bicyclic) bond motifs is 2. The number of benzene rings is 4. The summed E-state index contributed by atoms with van der Waals surface area (Å²) in [7, 11) is 0. The maximum absolute atomic E-state index is 14.5. The molecule has 2 fully saturated rings. The maximum Gasteiger partial charge on any atom is 0.407 e. The Kier molecular flexibility index (Phi) is 13.9. The molecule has 0 bridgehead atoms. The Morgan fingerprint density at radius 1 is 0.672 bits per heavy atom. The fourth-order valence-corrected chi connectivity index (χ4v) is 7.44. The Bertz CT molecular complexity index is 2350. The van der Waals surface area contributed by atoms with E-state index < -0.39 is 23.8 Å². The number of nitrogens with zero attached hydrogens (tertiary/aromatic N) is 6. The van der Waals surface area contributed by atoms with Crippen LogP contribution in [0.5, 0.6) is 11.5 Å². The first-order valence-corrected chi connectivity index (χ1v) is 19.8. The molecule has 2 amide bonds. The summed E-state index contributed by atoms with van der Waals surface area (Å²) in [6.07, 6.45) is 0.585. The van der Waals surface area contributed by atoms with Crippen molar-refractivity contribution in [3.8, 4) is 34.3 Å². The fourth-order valence-electron chi connectivity index (χ4n) is 7.44. The van der Waals surface area contributed by atoms with Crippen molar-refractivity contribution in [2.75, 3.05) is 49.2 Å². The zero-order valence-corrected chi connectivity index (χ0v) is 34.9. The number of hydrogen-bond donors (Lipinski definition) is 4. The molecule has 2 atom stereocenters. The number of aryl methyl sites for hydroxylation is 2. The number of phenols is 2. The lowest BCUT2D eigenvalue weighted by molar-refractivity contribution is 0.148. The minimum atomic E-state index is -0.587.